The van der Waals surface area contributed by atoms with Crippen LogP contribution in [-0.4, -0.2) is 23.1 Å². The Bertz CT molecular complexity index is 1110. The third-order valence-corrected chi connectivity index (χ3v) is 5.82. The molecule has 1 heterocycles. The normalized spacial score (nSPS) is 16.5. The third kappa shape index (κ3) is 4.47. The minimum atomic E-state index is -0.0336. The smallest absolute Gasteiger partial charge is 0.267 e. The number of amidine groups is 1. The van der Waals surface area contributed by atoms with Crippen molar-refractivity contribution < 1.29 is 9.53 Å². The molecule has 5 heteroatoms. The van der Waals surface area contributed by atoms with Crippen LogP contribution in [0.3, 0.4) is 0 Å². The van der Waals surface area contributed by atoms with Crippen molar-refractivity contribution in [2.24, 2.45) is 4.99 Å². The molecule has 3 aromatic carbocycles. The molecule has 30 heavy (non-hydrogen) atoms. The molecule has 0 atom stereocenters. The number of para-hydroxylation sites is 1. The lowest BCUT2D eigenvalue weighted by molar-refractivity contribution is -0.122. The van der Waals surface area contributed by atoms with Crippen molar-refractivity contribution in [1.82, 2.24) is 4.90 Å². The molecule has 1 saturated heterocycles. The van der Waals surface area contributed by atoms with Crippen LogP contribution in [0.4, 0.5) is 5.69 Å². The highest BCUT2D eigenvalue weighted by molar-refractivity contribution is 8.18. The number of nitrogens with zero attached hydrogens (tertiary/aromatic N) is 2. The molecule has 0 saturated carbocycles. The highest BCUT2D eigenvalue weighted by Crippen LogP contribution is 2.35. The zero-order chi connectivity index (χ0) is 20.9. The Morgan fingerprint density at radius 2 is 1.70 bits per heavy atom. The van der Waals surface area contributed by atoms with E-state index in [1.165, 1.54) is 11.8 Å². The maximum Gasteiger partial charge on any atom is 0.267 e. The van der Waals surface area contributed by atoms with Gasteiger partial charge >= 0.3 is 0 Å². The summed E-state index contributed by atoms with van der Waals surface area (Å²) in [7, 11) is 1.65. The molecule has 150 valence electrons. The second-order valence-electron chi connectivity index (χ2n) is 6.94. The number of ether oxygens (including phenoxy) is 1. The van der Waals surface area contributed by atoms with Gasteiger partial charge in [0.05, 0.1) is 24.2 Å². The van der Waals surface area contributed by atoms with Crippen LogP contribution in [0.25, 0.3) is 6.08 Å². The Kier molecular flexibility index (Phi) is 6.00. The Balaban J connectivity index is 1.70. The first kappa shape index (κ1) is 20.0. The van der Waals surface area contributed by atoms with E-state index in [1.54, 1.807) is 12.0 Å². The molecule has 0 N–H and O–H groups in total. The van der Waals surface area contributed by atoms with Gasteiger partial charge in [0.15, 0.2) is 5.17 Å². The van der Waals surface area contributed by atoms with Crippen LogP contribution in [0.1, 0.15) is 16.7 Å². The number of amides is 1. The minimum absolute atomic E-state index is 0.0336. The molecule has 4 nitrogen and oxygen atoms in total. The summed E-state index contributed by atoms with van der Waals surface area (Å²) >= 11 is 1.41. The van der Waals surface area contributed by atoms with Crippen LogP contribution >= 0.6 is 11.8 Å². The topological polar surface area (TPSA) is 41.9 Å². The van der Waals surface area contributed by atoms with E-state index in [9.17, 15) is 4.79 Å². The average Bonchev–Trinajstić information content (AvgIpc) is 3.05. The number of hydrogen-bond acceptors (Lipinski definition) is 4. The minimum Gasteiger partial charge on any atom is -0.497 e. The van der Waals surface area contributed by atoms with Crippen molar-refractivity contribution in [3.8, 4) is 5.75 Å². The number of carbonyl (C=O) groups is 1. The predicted molar refractivity (Wildman–Crippen MR) is 124 cm³/mol. The molecule has 0 aromatic heterocycles. The molecule has 0 spiro atoms. The molecule has 1 fully saturated rings. The monoisotopic (exact) mass is 414 g/mol. The summed E-state index contributed by atoms with van der Waals surface area (Å²) in [5.41, 5.74) is 3.94. The predicted octanol–water partition coefficient (Wildman–Crippen LogP) is 5.81. The van der Waals surface area contributed by atoms with Gasteiger partial charge in [0, 0.05) is 0 Å². The van der Waals surface area contributed by atoms with Crippen LogP contribution in [-0.2, 0) is 11.3 Å². The second kappa shape index (κ2) is 9.01. The van der Waals surface area contributed by atoms with Gasteiger partial charge in [0.25, 0.3) is 5.91 Å². The van der Waals surface area contributed by atoms with Gasteiger partial charge in [-0.3, -0.25) is 9.69 Å². The largest absolute Gasteiger partial charge is 0.497 e. The van der Waals surface area contributed by atoms with Crippen molar-refractivity contribution >= 4 is 34.6 Å². The van der Waals surface area contributed by atoms with Gasteiger partial charge in [-0.15, -0.1) is 0 Å². The number of thioether (sulfide) groups is 1. The fourth-order valence-corrected chi connectivity index (χ4v) is 4.18. The molecular weight excluding hydrogens is 392 g/mol. The standard InChI is InChI=1S/C25H22N2O2S/c1-18-15-22(29-2)14-13-20(18)16-23-24(28)27(17-19-9-5-3-6-10-19)25(30-23)26-21-11-7-4-8-12-21/h3-16H,17H2,1-2H3/b23-16+,26-25?. The first-order chi connectivity index (χ1) is 14.6. The van der Waals surface area contributed by atoms with E-state index in [1.807, 2.05) is 91.9 Å². The van der Waals surface area contributed by atoms with Gasteiger partial charge in [-0.1, -0.05) is 54.6 Å². The second-order valence-corrected chi connectivity index (χ2v) is 7.95. The van der Waals surface area contributed by atoms with E-state index in [4.69, 9.17) is 9.73 Å². The highest BCUT2D eigenvalue weighted by atomic mass is 32.2. The van der Waals surface area contributed by atoms with E-state index in [-0.39, 0.29) is 5.91 Å². The van der Waals surface area contributed by atoms with Crippen molar-refractivity contribution in [1.29, 1.82) is 0 Å². The van der Waals surface area contributed by atoms with Gasteiger partial charge < -0.3 is 4.74 Å². The van der Waals surface area contributed by atoms with Gasteiger partial charge in [0.2, 0.25) is 0 Å². The van der Waals surface area contributed by atoms with E-state index in [2.05, 4.69) is 0 Å². The first-order valence-corrected chi connectivity index (χ1v) is 10.5. The van der Waals surface area contributed by atoms with Crippen LogP contribution in [0.15, 0.2) is 88.8 Å². The lowest BCUT2D eigenvalue weighted by Crippen LogP contribution is -2.28. The summed E-state index contributed by atoms with van der Waals surface area (Å²) in [6, 6.07) is 25.5. The lowest BCUT2D eigenvalue weighted by atomic mass is 10.1. The summed E-state index contributed by atoms with van der Waals surface area (Å²) in [5, 5.41) is 0.687. The molecule has 1 amide bonds. The van der Waals surface area contributed by atoms with E-state index in [0.29, 0.717) is 16.6 Å². The first-order valence-electron chi connectivity index (χ1n) is 9.68. The molecule has 0 aliphatic carbocycles. The SMILES string of the molecule is COc1ccc(/C=C2/SC(=Nc3ccccc3)N(Cc3ccccc3)C2=O)c(C)c1. The Morgan fingerprint density at radius 3 is 2.37 bits per heavy atom. The molecule has 0 bridgehead atoms. The average molecular weight is 415 g/mol. The fraction of sp³-hybridized carbons (Fsp3) is 0.120. The molecule has 0 radical (unpaired) electrons. The highest BCUT2D eigenvalue weighted by Gasteiger charge is 2.33. The Hall–Kier alpha value is -3.31. The maximum absolute atomic E-state index is 13.3. The zero-order valence-corrected chi connectivity index (χ0v) is 17.7. The zero-order valence-electron chi connectivity index (χ0n) is 16.9. The summed E-state index contributed by atoms with van der Waals surface area (Å²) < 4.78 is 5.29. The number of benzene rings is 3. The molecule has 1 aliphatic rings. The third-order valence-electron chi connectivity index (χ3n) is 4.82. The lowest BCUT2D eigenvalue weighted by Gasteiger charge is -2.15. The van der Waals surface area contributed by atoms with Crippen molar-refractivity contribution in [3.63, 3.8) is 0 Å². The Labute approximate surface area is 180 Å². The molecule has 0 unspecified atom stereocenters. The summed E-state index contributed by atoms with van der Waals surface area (Å²) in [4.78, 5) is 20.4. The molecule has 4 rings (SSSR count). The Morgan fingerprint density at radius 1 is 1.00 bits per heavy atom. The van der Waals surface area contributed by atoms with Crippen molar-refractivity contribution in [2.45, 2.75) is 13.5 Å². The summed E-state index contributed by atoms with van der Waals surface area (Å²) in [5.74, 6) is 0.769. The number of aliphatic imine (C=N–C) groups is 1. The van der Waals surface area contributed by atoms with Crippen LogP contribution in [0, 0.1) is 6.92 Å². The van der Waals surface area contributed by atoms with Crippen molar-refractivity contribution in [2.75, 3.05) is 7.11 Å². The number of hydrogen-bond donors (Lipinski definition) is 0. The van der Waals surface area contributed by atoms with Crippen LogP contribution in [0.2, 0.25) is 0 Å². The van der Waals surface area contributed by atoms with Gasteiger partial charge in [-0.2, -0.15) is 0 Å². The van der Waals surface area contributed by atoms with Gasteiger partial charge in [0.1, 0.15) is 5.75 Å². The maximum atomic E-state index is 13.3. The van der Waals surface area contributed by atoms with E-state index in [0.717, 1.165) is 28.1 Å². The number of methoxy groups -OCH3 is 1. The molecule has 1 aliphatic heterocycles. The number of rotatable bonds is 5. The molecular formula is C25H22N2O2S. The van der Waals surface area contributed by atoms with Crippen LogP contribution in [0.5, 0.6) is 5.75 Å². The van der Waals surface area contributed by atoms with Gasteiger partial charge in [-0.05, 0) is 65.7 Å². The summed E-state index contributed by atoms with van der Waals surface area (Å²) in [6.45, 7) is 2.50. The number of carbonyl (C=O) groups excluding carboxylic acids is 1. The van der Waals surface area contributed by atoms with Crippen molar-refractivity contribution in [3.05, 3.63) is 100 Å². The summed E-state index contributed by atoms with van der Waals surface area (Å²) in [6.07, 6.45) is 1.94. The molecule has 3 aromatic rings. The van der Waals surface area contributed by atoms with E-state index >= 15 is 0 Å². The number of aryl methyl sites for hydroxylation is 1. The van der Waals surface area contributed by atoms with Gasteiger partial charge in [-0.25, -0.2) is 4.99 Å². The fourth-order valence-electron chi connectivity index (χ4n) is 3.19. The van der Waals surface area contributed by atoms with Crippen LogP contribution < -0.4 is 4.74 Å². The van der Waals surface area contributed by atoms with E-state index < -0.39 is 0 Å². The quantitative estimate of drug-likeness (QED) is 0.495.